The SMILES string of the molecule is Cc1ccccc1NC(=O)CSc1ccc(N)c(F)c1. The first-order valence-corrected chi connectivity index (χ1v) is 7.08. The molecule has 0 saturated carbocycles. The van der Waals surface area contributed by atoms with E-state index in [2.05, 4.69) is 5.32 Å². The highest BCUT2D eigenvalue weighted by Crippen LogP contribution is 2.22. The van der Waals surface area contributed by atoms with Crippen molar-refractivity contribution >= 4 is 29.0 Å². The average Bonchev–Trinajstić information content (AvgIpc) is 2.43. The second-order valence-corrected chi connectivity index (χ2v) is 5.38. The molecule has 20 heavy (non-hydrogen) atoms. The third-order valence-corrected chi connectivity index (χ3v) is 3.75. The van der Waals surface area contributed by atoms with Gasteiger partial charge in [-0.15, -0.1) is 11.8 Å². The number of nitrogen functional groups attached to an aromatic ring is 1. The van der Waals surface area contributed by atoms with E-state index in [9.17, 15) is 9.18 Å². The van der Waals surface area contributed by atoms with Crippen molar-refractivity contribution in [1.29, 1.82) is 0 Å². The molecule has 3 N–H and O–H groups in total. The summed E-state index contributed by atoms with van der Waals surface area (Å²) in [7, 11) is 0. The smallest absolute Gasteiger partial charge is 0.234 e. The van der Waals surface area contributed by atoms with Gasteiger partial charge in [0.05, 0.1) is 11.4 Å². The molecule has 0 spiro atoms. The Morgan fingerprint density at radius 3 is 2.75 bits per heavy atom. The number of hydrogen-bond donors (Lipinski definition) is 2. The third-order valence-electron chi connectivity index (χ3n) is 2.76. The molecule has 104 valence electrons. The molecular weight excluding hydrogens is 275 g/mol. The maximum atomic E-state index is 13.3. The summed E-state index contributed by atoms with van der Waals surface area (Å²) >= 11 is 1.27. The molecule has 2 aromatic carbocycles. The Morgan fingerprint density at radius 2 is 2.05 bits per heavy atom. The number of anilines is 2. The molecule has 0 bridgehead atoms. The molecule has 0 fully saturated rings. The molecule has 0 unspecified atom stereocenters. The molecule has 0 heterocycles. The van der Waals surface area contributed by atoms with E-state index >= 15 is 0 Å². The number of aryl methyl sites for hydroxylation is 1. The van der Waals surface area contributed by atoms with Crippen molar-refractivity contribution in [3.8, 4) is 0 Å². The molecule has 0 aliphatic rings. The number of carbonyl (C=O) groups is 1. The van der Waals surface area contributed by atoms with E-state index in [0.717, 1.165) is 11.3 Å². The van der Waals surface area contributed by atoms with Gasteiger partial charge in [-0.2, -0.15) is 0 Å². The van der Waals surface area contributed by atoms with Crippen LogP contribution in [0.25, 0.3) is 0 Å². The van der Waals surface area contributed by atoms with Crippen LogP contribution in [0.3, 0.4) is 0 Å². The summed E-state index contributed by atoms with van der Waals surface area (Å²) < 4.78 is 13.3. The maximum Gasteiger partial charge on any atom is 0.234 e. The standard InChI is InChI=1S/C15H15FN2OS/c1-10-4-2-3-5-14(10)18-15(19)9-20-11-6-7-13(17)12(16)8-11/h2-8H,9,17H2,1H3,(H,18,19). The number of amides is 1. The Labute approximate surface area is 121 Å². The van der Waals surface area contributed by atoms with Gasteiger partial charge in [0.25, 0.3) is 0 Å². The minimum absolute atomic E-state index is 0.110. The van der Waals surface area contributed by atoms with Gasteiger partial charge in [0, 0.05) is 10.6 Å². The quantitative estimate of drug-likeness (QED) is 0.670. The summed E-state index contributed by atoms with van der Waals surface area (Å²) in [6.45, 7) is 1.93. The van der Waals surface area contributed by atoms with Gasteiger partial charge in [-0.3, -0.25) is 4.79 Å². The molecule has 2 aromatic rings. The van der Waals surface area contributed by atoms with Crippen LogP contribution in [0.1, 0.15) is 5.56 Å². The molecule has 0 saturated heterocycles. The van der Waals surface area contributed by atoms with Crippen LogP contribution in [-0.2, 0) is 4.79 Å². The number of halogens is 1. The van der Waals surface area contributed by atoms with Crippen LogP contribution >= 0.6 is 11.8 Å². The van der Waals surface area contributed by atoms with Crippen LogP contribution in [0.4, 0.5) is 15.8 Å². The molecule has 0 aliphatic heterocycles. The molecule has 0 radical (unpaired) electrons. The first-order valence-electron chi connectivity index (χ1n) is 6.09. The first-order chi connectivity index (χ1) is 9.56. The van der Waals surface area contributed by atoms with Gasteiger partial charge in [0.15, 0.2) is 0 Å². The van der Waals surface area contributed by atoms with Gasteiger partial charge in [0.1, 0.15) is 5.82 Å². The number of para-hydroxylation sites is 1. The lowest BCUT2D eigenvalue weighted by Crippen LogP contribution is -2.14. The van der Waals surface area contributed by atoms with Gasteiger partial charge in [0.2, 0.25) is 5.91 Å². The van der Waals surface area contributed by atoms with Gasteiger partial charge in [-0.25, -0.2) is 4.39 Å². The van der Waals surface area contributed by atoms with Gasteiger partial charge in [-0.05, 0) is 36.8 Å². The van der Waals surface area contributed by atoms with Crippen molar-refractivity contribution in [3.63, 3.8) is 0 Å². The molecule has 1 amide bonds. The van der Waals surface area contributed by atoms with E-state index in [1.807, 2.05) is 31.2 Å². The molecule has 2 rings (SSSR count). The molecule has 0 atom stereocenters. The number of rotatable bonds is 4. The lowest BCUT2D eigenvalue weighted by Gasteiger charge is -2.08. The Balaban J connectivity index is 1.92. The predicted octanol–water partition coefficient (Wildman–Crippen LogP) is 3.45. The summed E-state index contributed by atoms with van der Waals surface area (Å²) in [6, 6.07) is 12.1. The van der Waals surface area contributed by atoms with E-state index in [0.29, 0.717) is 4.90 Å². The zero-order valence-electron chi connectivity index (χ0n) is 11.0. The number of carbonyl (C=O) groups excluding carboxylic acids is 1. The van der Waals surface area contributed by atoms with Crippen molar-refractivity contribution in [3.05, 3.63) is 53.8 Å². The van der Waals surface area contributed by atoms with Gasteiger partial charge < -0.3 is 11.1 Å². The summed E-state index contributed by atoms with van der Waals surface area (Å²) in [5.41, 5.74) is 7.31. The number of nitrogens with two attached hydrogens (primary N) is 1. The van der Waals surface area contributed by atoms with Crippen molar-refractivity contribution in [1.82, 2.24) is 0 Å². The molecule has 0 aliphatic carbocycles. The number of thioether (sulfide) groups is 1. The first kappa shape index (κ1) is 14.4. The number of hydrogen-bond acceptors (Lipinski definition) is 3. The fourth-order valence-corrected chi connectivity index (χ4v) is 2.37. The van der Waals surface area contributed by atoms with Crippen LogP contribution < -0.4 is 11.1 Å². The van der Waals surface area contributed by atoms with Crippen LogP contribution in [0.5, 0.6) is 0 Å². The van der Waals surface area contributed by atoms with Crippen molar-refractivity contribution in [2.75, 3.05) is 16.8 Å². The lowest BCUT2D eigenvalue weighted by atomic mass is 10.2. The minimum Gasteiger partial charge on any atom is -0.396 e. The van der Waals surface area contributed by atoms with E-state index in [-0.39, 0.29) is 17.3 Å². The molecule has 5 heteroatoms. The van der Waals surface area contributed by atoms with Crippen molar-refractivity contribution < 1.29 is 9.18 Å². The topological polar surface area (TPSA) is 55.1 Å². The summed E-state index contributed by atoms with van der Waals surface area (Å²) in [6.07, 6.45) is 0. The summed E-state index contributed by atoms with van der Waals surface area (Å²) in [5.74, 6) is -0.367. The molecule has 0 aromatic heterocycles. The second-order valence-electron chi connectivity index (χ2n) is 4.34. The van der Waals surface area contributed by atoms with Crippen LogP contribution in [0.2, 0.25) is 0 Å². The Kier molecular flexibility index (Phi) is 4.63. The molecular formula is C15H15FN2OS. The van der Waals surface area contributed by atoms with Crippen molar-refractivity contribution in [2.24, 2.45) is 0 Å². The Morgan fingerprint density at radius 1 is 1.30 bits per heavy atom. The normalized spacial score (nSPS) is 10.3. The number of nitrogens with one attached hydrogen (secondary N) is 1. The zero-order valence-corrected chi connectivity index (χ0v) is 11.8. The highest BCUT2D eigenvalue weighted by atomic mass is 32.2. The summed E-state index contributed by atoms with van der Waals surface area (Å²) in [5, 5.41) is 2.83. The van der Waals surface area contributed by atoms with Crippen LogP contribution in [-0.4, -0.2) is 11.7 Å². The zero-order chi connectivity index (χ0) is 14.5. The minimum atomic E-state index is -0.464. The number of benzene rings is 2. The Bertz CT molecular complexity index is 631. The largest absolute Gasteiger partial charge is 0.396 e. The van der Waals surface area contributed by atoms with Crippen molar-refractivity contribution in [2.45, 2.75) is 11.8 Å². The maximum absolute atomic E-state index is 13.3. The fraction of sp³-hybridized carbons (Fsp3) is 0.133. The lowest BCUT2D eigenvalue weighted by molar-refractivity contribution is -0.113. The van der Waals surface area contributed by atoms with Gasteiger partial charge >= 0.3 is 0 Å². The monoisotopic (exact) mass is 290 g/mol. The van der Waals surface area contributed by atoms with E-state index < -0.39 is 5.82 Å². The highest BCUT2D eigenvalue weighted by Gasteiger charge is 2.06. The van der Waals surface area contributed by atoms with Crippen LogP contribution in [0, 0.1) is 12.7 Å². The fourth-order valence-electron chi connectivity index (χ4n) is 1.65. The van der Waals surface area contributed by atoms with Gasteiger partial charge in [-0.1, -0.05) is 18.2 Å². The predicted molar refractivity (Wildman–Crippen MR) is 81.3 cm³/mol. The second kappa shape index (κ2) is 6.43. The van der Waals surface area contributed by atoms with E-state index in [1.54, 1.807) is 6.07 Å². The average molecular weight is 290 g/mol. The van der Waals surface area contributed by atoms with Crippen LogP contribution in [0.15, 0.2) is 47.4 Å². The highest BCUT2D eigenvalue weighted by molar-refractivity contribution is 8.00. The Hall–Kier alpha value is -2.01. The van der Waals surface area contributed by atoms with E-state index in [4.69, 9.17) is 5.73 Å². The third kappa shape index (κ3) is 3.74. The van der Waals surface area contributed by atoms with E-state index in [1.165, 1.54) is 23.9 Å². The molecule has 3 nitrogen and oxygen atoms in total. The summed E-state index contributed by atoms with van der Waals surface area (Å²) in [4.78, 5) is 12.5.